The standard InChI is InChI=1S/C16H14O3/c1-3-13-15(12-6-4-5-7-14(12)19-13)16(17)11-8-10(2)18-9-11/h4-9H,3H2,1-2H3. The number of hydrogen-bond acceptors (Lipinski definition) is 3. The van der Waals surface area contributed by atoms with E-state index in [9.17, 15) is 4.79 Å². The summed E-state index contributed by atoms with van der Waals surface area (Å²) in [6, 6.07) is 9.36. The molecule has 2 aromatic heterocycles. The molecule has 3 heteroatoms. The SMILES string of the molecule is CCc1oc2ccccc2c1C(=O)c1coc(C)c1. The Kier molecular flexibility index (Phi) is 2.75. The third-order valence-corrected chi connectivity index (χ3v) is 3.21. The zero-order chi connectivity index (χ0) is 13.4. The molecule has 3 aromatic rings. The quantitative estimate of drug-likeness (QED) is 0.660. The highest BCUT2D eigenvalue weighted by molar-refractivity contribution is 6.16. The van der Waals surface area contributed by atoms with Gasteiger partial charge in [0.1, 0.15) is 23.4 Å². The van der Waals surface area contributed by atoms with Crippen molar-refractivity contribution >= 4 is 16.8 Å². The van der Waals surface area contributed by atoms with Gasteiger partial charge < -0.3 is 8.83 Å². The lowest BCUT2D eigenvalue weighted by atomic mass is 10.0. The predicted octanol–water partition coefficient (Wildman–Crippen LogP) is 4.13. The molecule has 0 radical (unpaired) electrons. The number of rotatable bonds is 3. The maximum atomic E-state index is 12.6. The molecule has 0 atom stereocenters. The van der Waals surface area contributed by atoms with Crippen LogP contribution < -0.4 is 0 Å². The second kappa shape index (κ2) is 4.43. The van der Waals surface area contributed by atoms with Crippen molar-refractivity contribution in [3.63, 3.8) is 0 Å². The molecule has 0 aliphatic heterocycles. The van der Waals surface area contributed by atoms with Crippen molar-refractivity contribution in [3.05, 3.63) is 59.2 Å². The molecular weight excluding hydrogens is 240 g/mol. The minimum atomic E-state index is -0.0429. The summed E-state index contributed by atoms with van der Waals surface area (Å²) in [4.78, 5) is 12.6. The van der Waals surface area contributed by atoms with Crippen molar-refractivity contribution < 1.29 is 13.6 Å². The highest BCUT2D eigenvalue weighted by Gasteiger charge is 2.21. The van der Waals surface area contributed by atoms with Gasteiger partial charge in [0.25, 0.3) is 0 Å². The van der Waals surface area contributed by atoms with Crippen LogP contribution >= 0.6 is 0 Å². The number of hydrogen-bond donors (Lipinski definition) is 0. The van der Waals surface area contributed by atoms with Gasteiger partial charge in [0.15, 0.2) is 5.78 Å². The third-order valence-electron chi connectivity index (χ3n) is 3.21. The minimum absolute atomic E-state index is 0.0429. The van der Waals surface area contributed by atoms with Crippen LogP contribution in [0.5, 0.6) is 0 Å². The zero-order valence-electron chi connectivity index (χ0n) is 10.9. The summed E-state index contributed by atoms with van der Waals surface area (Å²) in [6.45, 7) is 3.81. The van der Waals surface area contributed by atoms with Gasteiger partial charge >= 0.3 is 0 Å². The van der Waals surface area contributed by atoms with Crippen molar-refractivity contribution in [3.8, 4) is 0 Å². The number of aryl methyl sites for hydroxylation is 2. The van der Waals surface area contributed by atoms with Crippen LogP contribution in [0.15, 0.2) is 45.4 Å². The first-order chi connectivity index (χ1) is 9.20. The zero-order valence-corrected chi connectivity index (χ0v) is 10.9. The maximum Gasteiger partial charge on any atom is 0.200 e. The van der Waals surface area contributed by atoms with Gasteiger partial charge in [-0.1, -0.05) is 25.1 Å². The van der Waals surface area contributed by atoms with Crippen LogP contribution in [0.3, 0.4) is 0 Å². The van der Waals surface area contributed by atoms with Crippen LogP contribution in [-0.4, -0.2) is 5.78 Å². The number of fused-ring (bicyclic) bond motifs is 1. The van der Waals surface area contributed by atoms with E-state index >= 15 is 0 Å². The van der Waals surface area contributed by atoms with Crippen LogP contribution in [-0.2, 0) is 6.42 Å². The van der Waals surface area contributed by atoms with Crippen molar-refractivity contribution in [2.75, 3.05) is 0 Å². The van der Waals surface area contributed by atoms with E-state index < -0.39 is 0 Å². The Morgan fingerprint density at radius 2 is 2.05 bits per heavy atom. The Morgan fingerprint density at radius 1 is 1.26 bits per heavy atom. The molecule has 0 unspecified atom stereocenters. The van der Waals surface area contributed by atoms with Gasteiger partial charge in [-0.3, -0.25) is 4.79 Å². The average Bonchev–Trinajstić information content (AvgIpc) is 3.01. The van der Waals surface area contributed by atoms with Crippen LogP contribution in [0.1, 0.15) is 34.4 Å². The fourth-order valence-corrected chi connectivity index (χ4v) is 2.30. The summed E-state index contributed by atoms with van der Waals surface area (Å²) in [5.41, 5.74) is 1.97. The molecular formula is C16H14O3. The highest BCUT2D eigenvalue weighted by Crippen LogP contribution is 2.28. The number of benzene rings is 1. The van der Waals surface area contributed by atoms with Crippen molar-refractivity contribution in [2.24, 2.45) is 0 Å². The summed E-state index contributed by atoms with van der Waals surface area (Å²) in [5.74, 6) is 1.41. The lowest BCUT2D eigenvalue weighted by molar-refractivity contribution is 0.103. The fourth-order valence-electron chi connectivity index (χ4n) is 2.30. The minimum Gasteiger partial charge on any atom is -0.469 e. The number of para-hydroxylation sites is 1. The van der Waals surface area contributed by atoms with E-state index in [0.29, 0.717) is 17.5 Å². The van der Waals surface area contributed by atoms with Gasteiger partial charge in [0.05, 0.1) is 11.1 Å². The maximum absolute atomic E-state index is 12.6. The molecule has 19 heavy (non-hydrogen) atoms. The molecule has 0 saturated carbocycles. The van der Waals surface area contributed by atoms with E-state index in [0.717, 1.165) is 22.5 Å². The second-order valence-electron chi connectivity index (χ2n) is 4.53. The molecule has 3 nitrogen and oxygen atoms in total. The summed E-state index contributed by atoms with van der Waals surface area (Å²) >= 11 is 0. The van der Waals surface area contributed by atoms with Crippen LogP contribution in [0.4, 0.5) is 0 Å². The monoisotopic (exact) mass is 254 g/mol. The molecule has 0 amide bonds. The van der Waals surface area contributed by atoms with Crippen LogP contribution in [0, 0.1) is 6.92 Å². The van der Waals surface area contributed by atoms with E-state index in [1.807, 2.05) is 38.1 Å². The number of ketones is 1. The van der Waals surface area contributed by atoms with Gasteiger partial charge in [-0.15, -0.1) is 0 Å². The van der Waals surface area contributed by atoms with Crippen LogP contribution in [0.25, 0.3) is 11.0 Å². The molecule has 0 N–H and O–H groups in total. The van der Waals surface area contributed by atoms with E-state index in [1.54, 1.807) is 6.07 Å². The Morgan fingerprint density at radius 3 is 2.74 bits per heavy atom. The first kappa shape index (κ1) is 11.8. The third kappa shape index (κ3) is 1.87. The first-order valence-electron chi connectivity index (χ1n) is 6.31. The van der Waals surface area contributed by atoms with E-state index in [1.165, 1.54) is 6.26 Å². The van der Waals surface area contributed by atoms with E-state index in [2.05, 4.69) is 0 Å². The van der Waals surface area contributed by atoms with Gasteiger partial charge in [-0.2, -0.15) is 0 Å². The molecule has 96 valence electrons. The summed E-state index contributed by atoms with van der Waals surface area (Å²) < 4.78 is 11.0. The topological polar surface area (TPSA) is 43.4 Å². The normalized spacial score (nSPS) is 11.1. The molecule has 1 aromatic carbocycles. The Balaban J connectivity index is 2.21. The molecule has 3 rings (SSSR count). The molecule has 0 bridgehead atoms. The largest absolute Gasteiger partial charge is 0.469 e. The molecule has 2 heterocycles. The van der Waals surface area contributed by atoms with Crippen LogP contribution in [0.2, 0.25) is 0 Å². The van der Waals surface area contributed by atoms with E-state index in [-0.39, 0.29) is 5.78 Å². The molecule has 0 saturated heterocycles. The predicted molar refractivity (Wildman–Crippen MR) is 72.5 cm³/mol. The molecule has 0 spiro atoms. The first-order valence-corrected chi connectivity index (χ1v) is 6.31. The lowest BCUT2D eigenvalue weighted by Gasteiger charge is -1.97. The average molecular weight is 254 g/mol. The molecule has 0 aliphatic carbocycles. The highest BCUT2D eigenvalue weighted by atomic mass is 16.3. The lowest BCUT2D eigenvalue weighted by Crippen LogP contribution is -2.01. The van der Waals surface area contributed by atoms with Gasteiger partial charge in [0.2, 0.25) is 0 Å². The van der Waals surface area contributed by atoms with Gasteiger partial charge in [-0.05, 0) is 19.1 Å². The van der Waals surface area contributed by atoms with Gasteiger partial charge in [-0.25, -0.2) is 0 Å². The van der Waals surface area contributed by atoms with E-state index in [4.69, 9.17) is 8.83 Å². The Hall–Kier alpha value is -2.29. The summed E-state index contributed by atoms with van der Waals surface area (Å²) in [7, 11) is 0. The smallest absolute Gasteiger partial charge is 0.200 e. The summed E-state index contributed by atoms with van der Waals surface area (Å²) in [6.07, 6.45) is 2.19. The fraction of sp³-hybridized carbons (Fsp3) is 0.188. The summed E-state index contributed by atoms with van der Waals surface area (Å²) in [5, 5.41) is 0.864. The number of carbonyl (C=O) groups is 1. The molecule has 0 aliphatic rings. The number of carbonyl (C=O) groups excluding carboxylic acids is 1. The van der Waals surface area contributed by atoms with Gasteiger partial charge in [0, 0.05) is 11.8 Å². The van der Waals surface area contributed by atoms with Crippen molar-refractivity contribution in [1.82, 2.24) is 0 Å². The second-order valence-corrected chi connectivity index (χ2v) is 4.53. The van der Waals surface area contributed by atoms with Crippen molar-refractivity contribution in [1.29, 1.82) is 0 Å². The number of furan rings is 2. The Bertz CT molecular complexity index is 746. The Labute approximate surface area is 110 Å². The van der Waals surface area contributed by atoms with Crippen molar-refractivity contribution in [2.45, 2.75) is 20.3 Å². The molecule has 0 fully saturated rings.